The molecule has 1 saturated carbocycles. The van der Waals surface area contributed by atoms with Gasteiger partial charge in [0.25, 0.3) is 0 Å². The maximum atomic E-state index is 15.0. The Morgan fingerprint density at radius 3 is 2.42 bits per heavy atom. The van der Waals surface area contributed by atoms with Crippen LogP contribution in [0.1, 0.15) is 79.5 Å². The highest BCUT2D eigenvalue weighted by atomic mass is 19.1. The minimum absolute atomic E-state index is 0.0189. The van der Waals surface area contributed by atoms with Gasteiger partial charge in [-0.1, -0.05) is 6.07 Å². The first-order valence-corrected chi connectivity index (χ1v) is 14.0. The first-order valence-electron chi connectivity index (χ1n) is 14.0. The number of nitrogens with zero attached hydrogens (tertiary/aromatic N) is 2. The summed E-state index contributed by atoms with van der Waals surface area (Å²) in [5.41, 5.74) is 2.86. The number of fused-ring (bicyclic) bond motifs is 1. The van der Waals surface area contributed by atoms with Gasteiger partial charge >= 0.3 is 12.1 Å². The molecule has 1 aromatic heterocycles. The molecule has 0 N–H and O–H groups in total. The molecular formula is C32H39FN2O5. The number of esters is 1. The number of likely N-dealkylation sites (tertiary alicyclic amines) is 1. The van der Waals surface area contributed by atoms with Crippen LogP contribution in [0.4, 0.5) is 9.18 Å². The number of rotatable bonds is 6. The molecule has 40 heavy (non-hydrogen) atoms. The van der Waals surface area contributed by atoms with E-state index in [2.05, 4.69) is 4.90 Å². The summed E-state index contributed by atoms with van der Waals surface area (Å²) in [7, 11) is 2.91. The molecule has 0 spiro atoms. The van der Waals surface area contributed by atoms with E-state index in [1.807, 2.05) is 45.9 Å². The fraction of sp³-hybridized carbons (Fsp3) is 0.500. The van der Waals surface area contributed by atoms with Gasteiger partial charge in [-0.3, -0.25) is 9.47 Å². The molecule has 8 heteroatoms. The SMILES string of the molecule is COC(=O)c1ccc([C@@H]2C[C@H](C3CC3)CCN2Cc2c(OC)cc(C)c3c2ccn3C(=O)OC(C)(C)C)cc1F. The van der Waals surface area contributed by atoms with Crippen LogP contribution >= 0.6 is 0 Å². The third-order valence-electron chi connectivity index (χ3n) is 8.23. The number of hydrogen-bond acceptors (Lipinski definition) is 6. The van der Waals surface area contributed by atoms with E-state index in [0.717, 1.165) is 58.6 Å². The lowest BCUT2D eigenvalue weighted by atomic mass is 9.83. The summed E-state index contributed by atoms with van der Waals surface area (Å²) in [6, 6.07) is 8.76. The monoisotopic (exact) mass is 550 g/mol. The number of benzene rings is 2. The van der Waals surface area contributed by atoms with E-state index in [4.69, 9.17) is 14.2 Å². The summed E-state index contributed by atoms with van der Waals surface area (Å²) in [5.74, 6) is 0.844. The zero-order valence-electron chi connectivity index (χ0n) is 24.3. The molecule has 3 aromatic rings. The third-order valence-corrected chi connectivity index (χ3v) is 8.23. The highest BCUT2D eigenvalue weighted by Crippen LogP contribution is 2.47. The van der Waals surface area contributed by atoms with E-state index >= 15 is 4.39 Å². The van der Waals surface area contributed by atoms with Gasteiger partial charge in [-0.2, -0.15) is 0 Å². The van der Waals surface area contributed by atoms with Gasteiger partial charge in [-0.25, -0.2) is 14.0 Å². The van der Waals surface area contributed by atoms with Crippen LogP contribution < -0.4 is 4.74 Å². The maximum Gasteiger partial charge on any atom is 0.419 e. The third kappa shape index (κ3) is 5.59. The number of hydrogen-bond donors (Lipinski definition) is 0. The summed E-state index contributed by atoms with van der Waals surface area (Å²) in [4.78, 5) is 27.4. The van der Waals surface area contributed by atoms with E-state index in [0.29, 0.717) is 12.5 Å². The number of carbonyl (C=O) groups is 2. The molecular weight excluding hydrogens is 511 g/mol. The minimum Gasteiger partial charge on any atom is -0.496 e. The Kier molecular flexibility index (Phi) is 7.66. The molecule has 0 bridgehead atoms. The van der Waals surface area contributed by atoms with E-state index in [1.54, 1.807) is 17.9 Å². The van der Waals surface area contributed by atoms with Gasteiger partial charge in [-0.05, 0) is 107 Å². The first kappa shape index (κ1) is 28.1. The molecule has 0 amide bonds. The number of aromatic nitrogens is 1. The Balaban J connectivity index is 1.53. The number of ether oxygens (including phenoxy) is 3. The maximum absolute atomic E-state index is 15.0. The summed E-state index contributed by atoms with van der Waals surface area (Å²) in [5, 5.41) is 0.929. The number of methoxy groups -OCH3 is 2. The predicted octanol–water partition coefficient (Wildman–Crippen LogP) is 7.03. The second kappa shape index (κ2) is 10.9. The molecule has 0 unspecified atom stereocenters. The van der Waals surface area contributed by atoms with Crippen molar-refractivity contribution in [1.29, 1.82) is 0 Å². The van der Waals surface area contributed by atoms with Crippen LogP contribution in [-0.4, -0.2) is 47.9 Å². The second-order valence-electron chi connectivity index (χ2n) is 12.1. The summed E-state index contributed by atoms with van der Waals surface area (Å²) < 4.78 is 32.9. The van der Waals surface area contributed by atoms with Gasteiger partial charge < -0.3 is 14.2 Å². The van der Waals surface area contributed by atoms with Crippen LogP contribution in [0.15, 0.2) is 36.5 Å². The smallest absolute Gasteiger partial charge is 0.419 e. The standard InChI is InChI=1S/C32H39FN2O5/c1-19-15-28(38-5)25(23-12-14-35(29(19)23)31(37)40-32(2,3)4)18-34-13-11-21(20-7-8-20)17-27(34)22-9-10-24(26(33)16-22)30(36)39-6/h9-10,12,14-16,20-21,27H,7-8,11,13,17-18H2,1-6H3/t21-,27+/m1/s1. The molecule has 2 atom stereocenters. The van der Waals surface area contributed by atoms with Crippen molar-refractivity contribution in [3.8, 4) is 5.75 Å². The predicted molar refractivity (Wildman–Crippen MR) is 151 cm³/mol. The fourth-order valence-corrected chi connectivity index (χ4v) is 6.16. The molecule has 2 aromatic carbocycles. The van der Waals surface area contributed by atoms with E-state index in [-0.39, 0.29) is 11.6 Å². The highest BCUT2D eigenvalue weighted by molar-refractivity contribution is 5.95. The molecule has 2 fully saturated rings. The van der Waals surface area contributed by atoms with Gasteiger partial charge in [0.05, 0.1) is 25.3 Å². The normalized spacial score (nSPS) is 20.0. The first-order chi connectivity index (χ1) is 19.0. The number of halogens is 1. The topological polar surface area (TPSA) is 70.0 Å². The van der Waals surface area contributed by atoms with Crippen LogP contribution in [-0.2, 0) is 16.0 Å². The number of piperidine rings is 1. The van der Waals surface area contributed by atoms with Crippen LogP contribution in [0, 0.1) is 24.6 Å². The molecule has 214 valence electrons. The Labute approximate surface area is 235 Å². The average molecular weight is 551 g/mol. The van der Waals surface area contributed by atoms with E-state index in [9.17, 15) is 9.59 Å². The molecule has 2 aliphatic rings. The molecule has 1 saturated heterocycles. The fourth-order valence-electron chi connectivity index (χ4n) is 6.16. The van der Waals surface area contributed by atoms with Crippen molar-refractivity contribution in [2.24, 2.45) is 11.8 Å². The second-order valence-corrected chi connectivity index (χ2v) is 12.1. The van der Waals surface area contributed by atoms with Crippen molar-refractivity contribution in [2.45, 2.75) is 71.6 Å². The van der Waals surface area contributed by atoms with Crippen LogP contribution in [0.3, 0.4) is 0 Å². The minimum atomic E-state index is -0.679. The summed E-state index contributed by atoms with van der Waals surface area (Å²) in [6.45, 7) is 8.95. The molecule has 7 nitrogen and oxygen atoms in total. The summed E-state index contributed by atoms with van der Waals surface area (Å²) in [6.07, 6.45) is 5.87. The van der Waals surface area contributed by atoms with Crippen LogP contribution in [0.5, 0.6) is 5.75 Å². The van der Waals surface area contributed by atoms with Gasteiger partial charge in [0, 0.05) is 29.7 Å². The quantitative estimate of drug-likeness (QED) is 0.307. The van der Waals surface area contributed by atoms with Crippen molar-refractivity contribution in [3.63, 3.8) is 0 Å². The van der Waals surface area contributed by atoms with Crippen molar-refractivity contribution in [2.75, 3.05) is 20.8 Å². The lowest BCUT2D eigenvalue weighted by molar-refractivity contribution is 0.0542. The number of aryl methyl sites for hydroxylation is 1. The Bertz CT molecular complexity index is 1440. The van der Waals surface area contributed by atoms with Crippen molar-refractivity contribution >= 4 is 23.0 Å². The Hall–Kier alpha value is -3.39. The average Bonchev–Trinajstić information content (AvgIpc) is 3.66. The largest absolute Gasteiger partial charge is 0.496 e. The zero-order chi connectivity index (χ0) is 28.8. The molecule has 1 aliphatic heterocycles. The number of carbonyl (C=O) groups excluding carboxylic acids is 2. The van der Waals surface area contributed by atoms with E-state index < -0.39 is 23.5 Å². The molecule has 5 rings (SSSR count). The van der Waals surface area contributed by atoms with Gasteiger partial charge in [0.1, 0.15) is 17.2 Å². The van der Waals surface area contributed by atoms with Crippen LogP contribution in [0.25, 0.3) is 10.9 Å². The van der Waals surface area contributed by atoms with E-state index in [1.165, 1.54) is 32.1 Å². The lowest BCUT2D eigenvalue weighted by Crippen LogP contribution is -2.37. The van der Waals surface area contributed by atoms with Crippen LogP contribution in [0.2, 0.25) is 0 Å². The van der Waals surface area contributed by atoms with Gasteiger partial charge in [0.2, 0.25) is 0 Å². The molecule has 2 heterocycles. The molecule has 0 radical (unpaired) electrons. The van der Waals surface area contributed by atoms with Crippen molar-refractivity contribution in [3.05, 3.63) is 64.6 Å². The van der Waals surface area contributed by atoms with Crippen molar-refractivity contribution < 1.29 is 28.2 Å². The molecule has 1 aliphatic carbocycles. The van der Waals surface area contributed by atoms with Crippen molar-refractivity contribution in [1.82, 2.24) is 9.47 Å². The highest BCUT2D eigenvalue weighted by Gasteiger charge is 2.39. The van der Waals surface area contributed by atoms with Gasteiger partial charge in [-0.15, -0.1) is 0 Å². The van der Waals surface area contributed by atoms with Gasteiger partial charge in [0.15, 0.2) is 0 Å². The Morgan fingerprint density at radius 2 is 1.80 bits per heavy atom. The summed E-state index contributed by atoms with van der Waals surface area (Å²) >= 11 is 0. The Morgan fingerprint density at radius 1 is 1.05 bits per heavy atom. The zero-order valence-corrected chi connectivity index (χ0v) is 24.3. The lowest BCUT2D eigenvalue weighted by Gasteiger charge is -2.40.